The second-order valence-corrected chi connectivity index (χ2v) is 9.25. The van der Waals surface area contributed by atoms with Crippen LogP contribution < -0.4 is 0 Å². The molecule has 0 unspecified atom stereocenters. The Morgan fingerprint density at radius 3 is 2.47 bits per heavy atom. The van der Waals surface area contributed by atoms with Gasteiger partial charge in [-0.2, -0.15) is 0 Å². The molecule has 5 rings (SSSR count). The van der Waals surface area contributed by atoms with Gasteiger partial charge in [0, 0.05) is 34.5 Å². The number of hydrogen-bond acceptors (Lipinski definition) is 4. The highest BCUT2D eigenvalue weighted by Gasteiger charge is 2.21. The van der Waals surface area contributed by atoms with Crippen molar-refractivity contribution >= 4 is 16.6 Å². The first-order valence-electron chi connectivity index (χ1n) is 10.8. The Hall–Kier alpha value is -3.78. The smallest absolute Gasteiger partial charge is 0.132 e. The molecule has 1 aromatic carbocycles. The molecule has 0 amide bonds. The average molecular weight is 420 g/mol. The molecule has 4 aromatic rings. The predicted octanol–water partition coefficient (Wildman–Crippen LogP) is 4.98. The molecule has 0 saturated carbocycles. The van der Waals surface area contributed by atoms with E-state index in [1.54, 1.807) is 6.20 Å². The summed E-state index contributed by atoms with van der Waals surface area (Å²) in [6.07, 6.45) is 6.67. The molecule has 0 spiro atoms. The van der Waals surface area contributed by atoms with Gasteiger partial charge >= 0.3 is 0 Å². The van der Waals surface area contributed by atoms with Gasteiger partial charge in [0.15, 0.2) is 0 Å². The maximum Gasteiger partial charge on any atom is 0.132 e. The van der Waals surface area contributed by atoms with Gasteiger partial charge in [0.25, 0.3) is 0 Å². The summed E-state index contributed by atoms with van der Waals surface area (Å²) in [6, 6.07) is 10.4. The van der Waals surface area contributed by atoms with Gasteiger partial charge in [-0.1, -0.05) is 18.1 Å². The molecule has 1 aliphatic carbocycles. The van der Waals surface area contributed by atoms with Crippen molar-refractivity contribution in [2.24, 2.45) is 0 Å². The molecule has 0 bridgehead atoms. The summed E-state index contributed by atoms with van der Waals surface area (Å²) in [5, 5.41) is 0. The van der Waals surface area contributed by atoms with E-state index in [-0.39, 0.29) is 5.54 Å². The molecule has 0 radical (unpaired) electrons. The van der Waals surface area contributed by atoms with Gasteiger partial charge in [-0.15, -0.1) is 0 Å². The molecule has 32 heavy (non-hydrogen) atoms. The van der Waals surface area contributed by atoms with Gasteiger partial charge in [0.05, 0.1) is 34.9 Å². The Morgan fingerprint density at radius 2 is 1.72 bits per heavy atom. The van der Waals surface area contributed by atoms with Crippen LogP contribution in [0, 0.1) is 25.7 Å². The van der Waals surface area contributed by atoms with Crippen LogP contribution >= 0.6 is 0 Å². The average Bonchev–Trinajstić information content (AvgIpc) is 3.34. The summed E-state index contributed by atoms with van der Waals surface area (Å²) < 4.78 is 2.22. The minimum Gasteiger partial charge on any atom is -0.325 e. The third-order valence-electron chi connectivity index (χ3n) is 5.60. The molecule has 0 saturated heterocycles. The molecule has 0 atom stereocenters. The van der Waals surface area contributed by atoms with Crippen molar-refractivity contribution in [1.29, 1.82) is 0 Å². The normalized spacial score (nSPS) is 13.0. The molecular weight excluding hydrogens is 394 g/mol. The summed E-state index contributed by atoms with van der Waals surface area (Å²) >= 11 is 0. The zero-order valence-electron chi connectivity index (χ0n) is 19.1. The second kappa shape index (κ2) is 7.42. The molecule has 158 valence electrons. The standard InChI is InChI=1S/C27H25N5/c1-17-12-19(13-18(2)30-17)6-8-21-15-28-24-11-9-22(26(24)31-21)20-7-10-23-25(14-20)32(16-29-23)27(3,4)5/h7,9-10,12-16H,11H2,1-5H3. The Bertz CT molecular complexity index is 1430. The summed E-state index contributed by atoms with van der Waals surface area (Å²) in [5.41, 5.74) is 9.75. The maximum atomic E-state index is 4.87. The van der Waals surface area contributed by atoms with Gasteiger partial charge < -0.3 is 4.57 Å². The van der Waals surface area contributed by atoms with Crippen LogP contribution in [0.1, 0.15) is 60.4 Å². The van der Waals surface area contributed by atoms with Crippen molar-refractivity contribution < 1.29 is 0 Å². The van der Waals surface area contributed by atoms with Crippen LogP contribution in [0.2, 0.25) is 0 Å². The zero-order valence-corrected chi connectivity index (χ0v) is 19.1. The second-order valence-electron chi connectivity index (χ2n) is 9.25. The highest BCUT2D eigenvalue weighted by atomic mass is 15.1. The van der Waals surface area contributed by atoms with Crippen molar-refractivity contribution in [1.82, 2.24) is 24.5 Å². The fourth-order valence-corrected chi connectivity index (χ4v) is 4.14. The lowest BCUT2D eigenvalue weighted by molar-refractivity contribution is 0.408. The van der Waals surface area contributed by atoms with Gasteiger partial charge in [-0.05, 0) is 70.4 Å². The number of pyridine rings is 1. The highest BCUT2D eigenvalue weighted by molar-refractivity contribution is 5.87. The number of nitrogens with zero attached hydrogens (tertiary/aromatic N) is 5. The first-order valence-corrected chi connectivity index (χ1v) is 10.8. The lowest BCUT2D eigenvalue weighted by atomic mass is 10.0. The summed E-state index contributed by atoms with van der Waals surface area (Å²) in [6.45, 7) is 10.5. The lowest BCUT2D eigenvalue weighted by Gasteiger charge is -2.21. The summed E-state index contributed by atoms with van der Waals surface area (Å²) in [7, 11) is 0. The van der Waals surface area contributed by atoms with Crippen LogP contribution in [0.25, 0.3) is 16.6 Å². The topological polar surface area (TPSA) is 56.5 Å². The fraction of sp³-hybridized carbons (Fsp3) is 0.259. The zero-order chi connectivity index (χ0) is 22.5. The number of aromatic nitrogens is 5. The third kappa shape index (κ3) is 3.69. The number of benzene rings is 1. The van der Waals surface area contributed by atoms with E-state index in [9.17, 15) is 0 Å². The van der Waals surface area contributed by atoms with Gasteiger partial charge in [0.1, 0.15) is 5.69 Å². The molecule has 3 aromatic heterocycles. The van der Waals surface area contributed by atoms with E-state index in [1.165, 1.54) is 0 Å². The summed E-state index contributed by atoms with van der Waals surface area (Å²) in [5.74, 6) is 6.39. The number of aryl methyl sites for hydroxylation is 2. The SMILES string of the molecule is Cc1cc(C#Cc2cnc3c(n2)C(c2ccc4ncn(C(C)(C)C)c4c2)=CC3)cc(C)n1. The van der Waals surface area contributed by atoms with Crippen LogP contribution in [-0.4, -0.2) is 24.5 Å². The Kier molecular flexibility index (Phi) is 4.67. The van der Waals surface area contributed by atoms with E-state index in [0.717, 1.165) is 56.9 Å². The quantitative estimate of drug-likeness (QED) is 0.408. The van der Waals surface area contributed by atoms with Gasteiger partial charge in [-0.25, -0.2) is 9.97 Å². The molecule has 0 N–H and O–H groups in total. The summed E-state index contributed by atoms with van der Waals surface area (Å²) in [4.78, 5) is 18.5. The first kappa shape index (κ1) is 20.1. The van der Waals surface area contributed by atoms with E-state index in [1.807, 2.05) is 32.3 Å². The monoisotopic (exact) mass is 419 g/mol. The number of fused-ring (bicyclic) bond motifs is 2. The molecule has 1 aliphatic rings. The van der Waals surface area contributed by atoms with Crippen LogP contribution in [0.4, 0.5) is 0 Å². The first-order chi connectivity index (χ1) is 15.3. The molecule has 0 fully saturated rings. The van der Waals surface area contributed by atoms with Crippen molar-refractivity contribution in [3.63, 3.8) is 0 Å². The number of imidazole rings is 1. The Balaban J connectivity index is 1.52. The van der Waals surface area contributed by atoms with Crippen molar-refractivity contribution in [3.05, 3.63) is 88.5 Å². The molecule has 5 heteroatoms. The van der Waals surface area contributed by atoms with E-state index >= 15 is 0 Å². The minimum atomic E-state index is -0.0401. The van der Waals surface area contributed by atoms with Gasteiger partial charge in [-0.3, -0.25) is 9.97 Å². The van der Waals surface area contributed by atoms with E-state index in [2.05, 4.69) is 76.4 Å². The van der Waals surface area contributed by atoms with Crippen LogP contribution in [-0.2, 0) is 12.0 Å². The fourth-order valence-electron chi connectivity index (χ4n) is 4.14. The van der Waals surface area contributed by atoms with Crippen LogP contribution in [0.5, 0.6) is 0 Å². The molecule has 3 heterocycles. The molecule has 0 aliphatic heterocycles. The molecular formula is C27H25N5. The van der Waals surface area contributed by atoms with Crippen molar-refractivity contribution in [2.45, 2.75) is 46.6 Å². The Morgan fingerprint density at radius 1 is 0.938 bits per heavy atom. The van der Waals surface area contributed by atoms with E-state index in [4.69, 9.17) is 4.98 Å². The largest absolute Gasteiger partial charge is 0.325 e. The van der Waals surface area contributed by atoms with E-state index < -0.39 is 0 Å². The number of hydrogen-bond donors (Lipinski definition) is 0. The molecule has 5 nitrogen and oxygen atoms in total. The van der Waals surface area contributed by atoms with Crippen LogP contribution in [0.3, 0.4) is 0 Å². The predicted molar refractivity (Wildman–Crippen MR) is 127 cm³/mol. The minimum absolute atomic E-state index is 0.0401. The van der Waals surface area contributed by atoms with E-state index in [0.29, 0.717) is 5.69 Å². The van der Waals surface area contributed by atoms with Gasteiger partial charge in [0.2, 0.25) is 0 Å². The maximum absolute atomic E-state index is 4.87. The number of rotatable bonds is 1. The third-order valence-corrected chi connectivity index (χ3v) is 5.60. The van der Waals surface area contributed by atoms with Crippen molar-refractivity contribution in [2.75, 3.05) is 0 Å². The van der Waals surface area contributed by atoms with Crippen LogP contribution in [0.15, 0.2) is 48.9 Å². The number of allylic oxidation sites excluding steroid dienone is 1. The van der Waals surface area contributed by atoms with Crippen molar-refractivity contribution in [3.8, 4) is 11.8 Å². The Labute approximate surface area is 188 Å². The lowest BCUT2D eigenvalue weighted by Crippen LogP contribution is -2.20. The highest BCUT2D eigenvalue weighted by Crippen LogP contribution is 2.32.